The van der Waals surface area contributed by atoms with E-state index in [1.54, 1.807) is 29.6 Å². The SMILES string of the molecule is [2H]c1c([2H])c(NC(=O)Cc2csc(N)n2)c([2H])c([2H])c1CC([2H])([2H])CC[C@H](O)c1ccccc1. The summed E-state index contributed by atoms with van der Waals surface area (Å²) in [7, 11) is 0. The van der Waals surface area contributed by atoms with Crippen molar-refractivity contribution in [3.8, 4) is 0 Å². The van der Waals surface area contributed by atoms with Gasteiger partial charge in [-0.1, -0.05) is 48.8 Å². The number of aliphatic hydroxyl groups excluding tert-OH is 1. The molecule has 1 aromatic heterocycles. The smallest absolute Gasteiger partial charge is 0.230 e. The van der Waals surface area contributed by atoms with E-state index < -0.39 is 42.6 Å². The maximum atomic E-state index is 12.3. The summed E-state index contributed by atoms with van der Waals surface area (Å²) in [6.07, 6.45) is -3.15. The predicted octanol–water partition coefficient (Wildman–Crippen LogP) is 4.35. The Balaban J connectivity index is 1.74. The molecule has 0 aliphatic carbocycles. The molecule has 4 N–H and O–H groups in total. The summed E-state index contributed by atoms with van der Waals surface area (Å²) in [5.41, 5.74) is 6.29. The summed E-state index contributed by atoms with van der Waals surface area (Å²) in [6, 6.07) is 7.14. The number of aliphatic hydroxyl groups is 1. The fourth-order valence-electron chi connectivity index (χ4n) is 2.54. The molecule has 0 spiro atoms. The van der Waals surface area contributed by atoms with Crippen molar-refractivity contribution in [2.24, 2.45) is 0 Å². The molecule has 1 atom stereocenters. The van der Waals surface area contributed by atoms with E-state index in [-0.39, 0.29) is 36.9 Å². The second-order valence-electron chi connectivity index (χ2n) is 6.15. The number of nitrogens with two attached hydrogens (primary N) is 1. The maximum absolute atomic E-state index is 12.3. The van der Waals surface area contributed by atoms with Gasteiger partial charge in [0.05, 0.1) is 23.7 Å². The van der Waals surface area contributed by atoms with E-state index in [0.717, 1.165) is 0 Å². The summed E-state index contributed by atoms with van der Waals surface area (Å²) in [5, 5.41) is 14.7. The minimum absolute atomic E-state index is 0.0438. The van der Waals surface area contributed by atoms with Crippen molar-refractivity contribution in [1.82, 2.24) is 4.98 Å². The van der Waals surface area contributed by atoms with Gasteiger partial charge in [-0.3, -0.25) is 4.79 Å². The zero-order chi connectivity index (χ0) is 25.0. The van der Waals surface area contributed by atoms with Crippen LogP contribution in [0.15, 0.2) is 59.9 Å². The number of carbonyl (C=O) groups is 1. The van der Waals surface area contributed by atoms with Crippen LogP contribution in [0.5, 0.6) is 0 Å². The standard InChI is InChI=1S/C22H25N3O2S/c23-22-25-19(15-28-22)14-21(27)24-18-12-10-16(11-13-18)6-4-5-9-20(26)17-7-2-1-3-8-17/h1-3,7-8,10-13,15,20,26H,4-6,9,14H2,(H2,23,25)(H,24,27)/t20-/m0/s1/i4D2,10D,11D,12D,13D. The summed E-state index contributed by atoms with van der Waals surface area (Å²) >= 11 is 1.18. The molecule has 0 aliphatic heterocycles. The van der Waals surface area contributed by atoms with Crippen molar-refractivity contribution in [3.63, 3.8) is 0 Å². The number of anilines is 2. The Morgan fingerprint density at radius 2 is 2.04 bits per heavy atom. The van der Waals surface area contributed by atoms with Gasteiger partial charge >= 0.3 is 0 Å². The van der Waals surface area contributed by atoms with E-state index in [1.165, 1.54) is 11.3 Å². The first-order chi connectivity index (χ1) is 16.0. The third kappa shape index (κ3) is 6.18. The summed E-state index contributed by atoms with van der Waals surface area (Å²) in [6.45, 7) is 0. The fourth-order valence-corrected chi connectivity index (χ4v) is 3.10. The highest BCUT2D eigenvalue weighted by molar-refractivity contribution is 7.13. The van der Waals surface area contributed by atoms with Gasteiger partial charge in [-0.15, -0.1) is 11.3 Å². The fraction of sp³-hybridized carbons (Fsp3) is 0.273. The highest BCUT2D eigenvalue weighted by Crippen LogP contribution is 2.20. The first-order valence-electron chi connectivity index (χ1n) is 11.8. The number of aromatic nitrogens is 1. The quantitative estimate of drug-likeness (QED) is 0.497. The van der Waals surface area contributed by atoms with Gasteiger partial charge in [0.25, 0.3) is 0 Å². The monoisotopic (exact) mass is 401 g/mol. The lowest BCUT2D eigenvalue weighted by molar-refractivity contribution is -0.115. The average molecular weight is 402 g/mol. The number of hydrogen-bond acceptors (Lipinski definition) is 5. The molecule has 5 nitrogen and oxygen atoms in total. The molecule has 0 radical (unpaired) electrons. The number of nitrogens with one attached hydrogen (secondary N) is 1. The Labute approximate surface area is 177 Å². The van der Waals surface area contributed by atoms with Gasteiger partial charge < -0.3 is 16.2 Å². The highest BCUT2D eigenvalue weighted by atomic mass is 32.1. The molecule has 0 aliphatic rings. The molecule has 28 heavy (non-hydrogen) atoms. The molecule has 0 fully saturated rings. The number of hydrogen-bond donors (Lipinski definition) is 3. The molecule has 146 valence electrons. The van der Waals surface area contributed by atoms with Crippen LogP contribution in [0.1, 0.15) is 50.4 Å². The van der Waals surface area contributed by atoms with Gasteiger partial charge in [-0.2, -0.15) is 0 Å². The molecule has 1 heterocycles. The number of nitrogen functional groups attached to an aromatic ring is 1. The van der Waals surface area contributed by atoms with Crippen LogP contribution in [0.2, 0.25) is 0 Å². The zero-order valence-corrected chi connectivity index (χ0v) is 16.0. The summed E-state index contributed by atoms with van der Waals surface area (Å²) in [5.74, 6) is -0.566. The lowest BCUT2D eigenvalue weighted by Gasteiger charge is -2.10. The van der Waals surface area contributed by atoms with Crippen molar-refractivity contribution in [2.45, 2.75) is 38.2 Å². The minimum Gasteiger partial charge on any atom is -0.388 e. The number of amides is 1. The van der Waals surface area contributed by atoms with Crippen LogP contribution in [0.4, 0.5) is 10.8 Å². The number of nitrogens with zero attached hydrogens (tertiary/aromatic N) is 1. The Kier molecular flexibility index (Phi) is 4.82. The maximum Gasteiger partial charge on any atom is 0.230 e. The van der Waals surface area contributed by atoms with E-state index in [0.29, 0.717) is 16.4 Å². The topological polar surface area (TPSA) is 88.2 Å². The van der Waals surface area contributed by atoms with Crippen molar-refractivity contribution in [1.29, 1.82) is 0 Å². The van der Waals surface area contributed by atoms with E-state index >= 15 is 0 Å². The van der Waals surface area contributed by atoms with Gasteiger partial charge in [0.2, 0.25) is 5.91 Å². The first kappa shape index (κ1) is 13.5. The molecular weight excluding hydrogens is 370 g/mol. The number of benzene rings is 2. The molecule has 0 bridgehead atoms. The lowest BCUT2D eigenvalue weighted by Crippen LogP contribution is -2.14. The third-order valence-corrected chi connectivity index (χ3v) is 4.66. The van der Waals surface area contributed by atoms with Crippen LogP contribution >= 0.6 is 11.3 Å². The minimum atomic E-state index is -1.88. The van der Waals surface area contributed by atoms with Crippen LogP contribution in [-0.4, -0.2) is 16.0 Å². The van der Waals surface area contributed by atoms with Gasteiger partial charge in [0.1, 0.15) is 0 Å². The highest BCUT2D eigenvalue weighted by Gasteiger charge is 2.08. The largest absolute Gasteiger partial charge is 0.388 e. The van der Waals surface area contributed by atoms with Crippen molar-refractivity contribution >= 4 is 28.1 Å². The summed E-state index contributed by atoms with van der Waals surface area (Å²) < 4.78 is 49.7. The molecule has 3 rings (SSSR count). The lowest BCUT2D eigenvalue weighted by atomic mass is 10.0. The van der Waals surface area contributed by atoms with E-state index in [9.17, 15) is 9.90 Å². The Bertz CT molecular complexity index is 1140. The molecule has 2 aromatic carbocycles. The molecule has 0 saturated heterocycles. The Hall–Kier alpha value is -2.70. The van der Waals surface area contributed by atoms with Gasteiger partial charge in [0.15, 0.2) is 5.13 Å². The van der Waals surface area contributed by atoms with Gasteiger partial charge in [-0.25, -0.2) is 4.98 Å². The van der Waals surface area contributed by atoms with Crippen molar-refractivity contribution in [3.05, 3.63) is 76.7 Å². The molecule has 0 saturated carbocycles. The molecular formula is C22H25N3O2S. The molecule has 0 unspecified atom stereocenters. The van der Waals surface area contributed by atoms with Crippen LogP contribution in [0, 0.1) is 0 Å². The van der Waals surface area contributed by atoms with Crippen molar-refractivity contribution < 1.29 is 18.1 Å². The molecule has 6 heteroatoms. The van der Waals surface area contributed by atoms with E-state index in [4.69, 9.17) is 14.0 Å². The Morgan fingerprint density at radius 3 is 2.71 bits per heavy atom. The molecule has 3 aromatic rings. The number of carbonyl (C=O) groups excluding carboxylic acids is 1. The predicted molar refractivity (Wildman–Crippen MR) is 114 cm³/mol. The average Bonchev–Trinajstić information content (AvgIpc) is 3.21. The van der Waals surface area contributed by atoms with E-state index in [2.05, 4.69) is 10.3 Å². The van der Waals surface area contributed by atoms with Crippen LogP contribution in [0.25, 0.3) is 0 Å². The van der Waals surface area contributed by atoms with Crippen LogP contribution < -0.4 is 11.1 Å². The van der Waals surface area contributed by atoms with Crippen LogP contribution in [0.3, 0.4) is 0 Å². The second kappa shape index (κ2) is 10.0. The van der Waals surface area contributed by atoms with Crippen molar-refractivity contribution in [2.75, 3.05) is 11.1 Å². The number of rotatable bonds is 9. The van der Waals surface area contributed by atoms with Gasteiger partial charge in [0, 0.05) is 13.8 Å². The van der Waals surface area contributed by atoms with Gasteiger partial charge in [-0.05, 0) is 42.4 Å². The third-order valence-electron chi connectivity index (χ3n) is 3.93. The van der Waals surface area contributed by atoms with Crippen LogP contribution in [-0.2, 0) is 17.6 Å². The zero-order valence-electron chi connectivity index (χ0n) is 21.2. The molecule has 1 amide bonds. The Morgan fingerprint density at radius 1 is 1.29 bits per heavy atom. The number of thiazole rings is 1. The normalized spacial score (nSPS) is 15.5. The van der Waals surface area contributed by atoms with E-state index in [1.807, 2.05) is 6.07 Å². The first-order valence-corrected chi connectivity index (χ1v) is 9.68. The summed E-state index contributed by atoms with van der Waals surface area (Å²) in [4.78, 5) is 16.3. The second-order valence-corrected chi connectivity index (χ2v) is 7.04.